The first-order chi connectivity index (χ1) is 22.9. The second-order valence-electron chi connectivity index (χ2n) is 12.1. The van der Waals surface area contributed by atoms with Crippen molar-refractivity contribution in [3.8, 4) is 28.6 Å². The summed E-state index contributed by atoms with van der Waals surface area (Å²) in [7, 11) is 7.51. The van der Waals surface area contributed by atoms with Gasteiger partial charge in [-0.3, -0.25) is 9.59 Å². The third-order valence-electron chi connectivity index (χ3n) is 8.16. The average molecular weight is 698 g/mol. The minimum absolute atomic E-state index is 0.0170. The van der Waals surface area contributed by atoms with Crippen LogP contribution in [0.1, 0.15) is 33.1 Å². The van der Waals surface area contributed by atoms with Crippen LogP contribution in [0.3, 0.4) is 0 Å². The third kappa shape index (κ3) is 10.4. The van der Waals surface area contributed by atoms with Crippen molar-refractivity contribution in [3.63, 3.8) is 0 Å². The van der Waals surface area contributed by atoms with Crippen LogP contribution in [0.4, 0.5) is 0 Å². The second kappa shape index (κ2) is 19.1. The average Bonchev–Trinajstić information content (AvgIpc) is 3.43. The number of phenolic OH excluding ortho intramolecular Hbond substituents is 1. The number of hydrogen-bond acceptors (Lipinski definition) is 13. The second-order valence-corrected chi connectivity index (χ2v) is 13.0. The molecular weight excluding hydrogens is 646 g/mol. The highest BCUT2D eigenvalue weighted by Gasteiger charge is 2.34. The number of hydrogen-bond donors (Lipinski definition) is 3. The molecule has 48 heavy (non-hydrogen) atoms. The number of aliphatic hydroxyl groups excluding tert-OH is 2. The van der Waals surface area contributed by atoms with Gasteiger partial charge in [0.25, 0.3) is 0 Å². The highest BCUT2D eigenvalue weighted by Crippen LogP contribution is 2.40. The molecule has 0 aliphatic carbocycles. The number of aliphatic hydroxyl groups is 2. The van der Waals surface area contributed by atoms with E-state index in [1.165, 1.54) is 45.1 Å². The Balaban J connectivity index is 1.89. The molecule has 1 aliphatic heterocycles. The van der Waals surface area contributed by atoms with Gasteiger partial charge in [0.1, 0.15) is 24.9 Å². The van der Waals surface area contributed by atoms with Crippen LogP contribution in [0.2, 0.25) is 0 Å². The molecule has 1 aromatic carbocycles. The quantitative estimate of drug-likeness (QED) is 0.289. The molecule has 2 heterocycles. The molecule has 0 bridgehead atoms. The van der Waals surface area contributed by atoms with Gasteiger partial charge in [-0.1, -0.05) is 25.6 Å². The lowest BCUT2D eigenvalue weighted by Crippen LogP contribution is -2.54. The van der Waals surface area contributed by atoms with E-state index in [1.807, 2.05) is 4.90 Å². The molecule has 1 aliphatic rings. The SMILES string of the molecule is COCC(=O)N1C[C@H](CC(C)C)N(C(=O)CSc2nnc(-c3cc(OC)c(O)c(OC)c3)n2C)CCCCOC[C@@H](O)[C@@H](O)[C@H](OC)C1. The predicted molar refractivity (Wildman–Crippen MR) is 178 cm³/mol. The highest BCUT2D eigenvalue weighted by atomic mass is 32.2. The van der Waals surface area contributed by atoms with E-state index in [4.69, 9.17) is 23.7 Å². The van der Waals surface area contributed by atoms with Crippen LogP contribution >= 0.6 is 11.8 Å². The highest BCUT2D eigenvalue weighted by molar-refractivity contribution is 7.99. The summed E-state index contributed by atoms with van der Waals surface area (Å²) in [5.74, 6) is 0.622. The van der Waals surface area contributed by atoms with Crippen molar-refractivity contribution in [2.45, 2.75) is 62.6 Å². The summed E-state index contributed by atoms with van der Waals surface area (Å²) in [6.07, 6.45) is -1.52. The van der Waals surface area contributed by atoms with Crippen molar-refractivity contribution in [2.24, 2.45) is 13.0 Å². The number of phenols is 1. The Kier molecular flexibility index (Phi) is 15.7. The van der Waals surface area contributed by atoms with E-state index in [2.05, 4.69) is 24.0 Å². The Morgan fingerprint density at radius 3 is 2.33 bits per heavy atom. The molecule has 4 atom stereocenters. The molecule has 16 heteroatoms. The molecule has 0 unspecified atom stereocenters. The number of methoxy groups -OCH3 is 4. The van der Waals surface area contributed by atoms with Crippen LogP contribution in [0.25, 0.3) is 11.4 Å². The number of rotatable bonds is 11. The zero-order valence-electron chi connectivity index (χ0n) is 29.0. The van der Waals surface area contributed by atoms with Gasteiger partial charge < -0.3 is 53.4 Å². The van der Waals surface area contributed by atoms with E-state index in [-0.39, 0.29) is 73.1 Å². The zero-order chi connectivity index (χ0) is 35.4. The number of nitrogens with zero attached hydrogens (tertiary/aromatic N) is 5. The number of thioether (sulfide) groups is 1. The van der Waals surface area contributed by atoms with Gasteiger partial charge in [0.2, 0.25) is 17.6 Å². The fourth-order valence-corrected chi connectivity index (χ4v) is 6.40. The van der Waals surface area contributed by atoms with Crippen LogP contribution in [-0.2, 0) is 30.8 Å². The van der Waals surface area contributed by atoms with Crippen molar-refractivity contribution < 1.29 is 48.6 Å². The van der Waals surface area contributed by atoms with Gasteiger partial charge in [0.15, 0.2) is 22.5 Å². The molecule has 0 radical (unpaired) electrons. The van der Waals surface area contributed by atoms with E-state index in [0.29, 0.717) is 49.0 Å². The molecule has 1 aromatic heterocycles. The van der Waals surface area contributed by atoms with Crippen molar-refractivity contribution >= 4 is 23.6 Å². The maximum absolute atomic E-state index is 14.0. The first-order valence-corrected chi connectivity index (χ1v) is 16.9. The number of ether oxygens (including phenoxy) is 5. The zero-order valence-corrected chi connectivity index (χ0v) is 29.8. The minimum atomic E-state index is -1.30. The van der Waals surface area contributed by atoms with Crippen molar-refractivity contribution in [1.29, 1.82) is 0 Å². The van der Waals surface area contributed by atoms with E-state index in [9.17, 15) is 24.9 Å². The van der Waals surface area contributed by atoms with Crippen LogP contribution in [0.5, 0.6) is 17.2 Å². The van der Waals surface area contributed by atoms with Gasteiger partial charge in [-0.15, -0.1) is 10.2 Å². The topological polar surface area (TPSA) is 178 Å². The fourth-order valence-electron chi connectivity index (χ4n) is 5.60. The number of carbonyl (C=O) groups is 2. The van der Waals surface area contributed by atoms with Crippen molar-refractivity contribution in [2.75, 3.05) is 73.6 Å². The Labute approximate surface area is 286 Å². The number of carbonyl (C=O) groups excluding carboxylic acids is 2. The van der Waals surface area contributed by atoms with Crippen molar-refractivity contribution in [1.82, 2.24) is 24.6 Å². The monoisotopic (exact) mass is 697 g/mol. The molecular formula is C32H51N5O10S. The molecule has 3 N–H and O–H groups in total. The van der Waals surface area contributed by atoms with Gasteiger partial charge in [-0.05, 0) is 37.3 Å². The lowest BCUT2D eigenvalue weighted by Gasteiger charge is -2.38. The first kappa shape index (κ1) is 39.3. The lowest BCUT2D eigenvalue weighted by atomic mass is 10.00. The summed E-state index contributed by atoms with van der Waals surface area (Å²) >= 11 is 1.24. The van der Waals surface area contributed by atoms with E-state index in [0.717, 1.165) is 0 Å². The summed E-state index contributed by atoms with van der Waals surface area (Å²) in [4.78, 5) is 30.7. The van der Waals surface area contributed by atoms with Gasteiger partial charge in [0.05, 0.1) is 26.6 Å². The minimum Gasteiger partial charge on any atom is -0.502 e. The molecule has 1 saturated heterocycles. The lowest BCUT2D eigenvalue weighted by molar-refractivity contribution is -0.145. The number of aromatic hydroxyl groups is 1. The van der Waals surface area contributed by atoms with E-state index >= 15 is 0 Å². The summed E-state index contributed by atoms with van der Waals surface area (Å²) in [6, 6.07) is 2.91. The van der Waals surface area contributed by atoms with Gasteiger partial charge in [-0.25, -0.2) is 0 Å². The van der Waals surface area contributed by atoms with Crippen LogP contribution < -0.4 is 9.47 Å². The largest absolute Gasteiger partial charge is 0.502 e. The smallest absolute Gasteiger partial charge is 0.248 e. The summed E-state index contributed by atoms with van der Waals surface area (Å²) in [5.41, 5.74) is 0.608. The molecule has 2 aromatic rings. The van der Waals surface area contributed by atoms with Crippen LogP contribution in [0, 0.1) is 5.92 Å². The fraction of sp³-hybridized carbons (Fsp3) is 0.688. The normalized spacial score (nSPS) is 21.6. The number of aromatic nitrogens is 3. The molecule has 2 amide bonds. The van der Waals surface area contributed by atoms with Crippen LogP contribution in [0.15, 0.2) is 17.3 Å². The number of amides is 2. The molecule has 270 valence electrons. The van der Waals surface area contributed by atoms with Crippen LogP contribution in [-0.4, -0.2) is 150 Å². The molecule has 0 spiro atoms. The van der Waals surface area contributed by atoms with Gasteiger partial charge in [0, 0.05) is 59.1 Å². The predicted octanol–water partition coefficient (Wildman–Crippen LogP) is 1.56. The summed E-state index contributed by atoms with van der Waals surface area (Å²) in [5, 5.41) is 40.8. The summed E-state index contributed by atoms with van der Waals surface area (Å²) in [6.45, 7) is 4.79. The van der Waals surface area contributed by atoms with E-state index in [1.54, 1.807) is 23.7 Å². The maximum Gasteiger partial charge on any atom is 0.248 e. The van der Waals surface area contributed by atoms with E-state index < -0.39 is 18.3 Å². The molecule has 1 fully saturated rings. The Bertz CT molecular complexity index is 1300. The summed E-state index contributed by atoms with van der Waals surface area (Å²) < 4.78 is 28.6. The molecule has 3 rings (SSSR count). The molecule has 15 nitrogen and oxygen atoms in total. The molecule has 0 saturated carbocycles. The number of benzene rings is 1. The first-order valence-electron chi connectivity index (χ1n) is 16.0. The maximum atomic E-state index is 14.0. The van der Waals surface area contributed by atoms with Gasteiger partial charge >= 0.3 is 0 Å². The standard InChI is InChI=1S/C32H51N5O10S/c1-20(2)12-22-15-36(27(39)18-43-4)16-26(46-7)29(41)23(38)17-47-11-9-8-10-37(22)28(40)19-48-32-34-33-31(35(32)3)21-13-24(44-5)30(42)25(14-21)45-6/h13-14,20,22-23,26,29,38,41-42H,8-12,15-19H2,1-7H3/t22-,23+,26+,29+/m0/s1. The Hall–Kier alpha value is -3.15. The Morgan fingerprint density at radius 2 is 1.73 bits per heavy atom. The Morgan fingerprint density at radius 1 is 1.04 bits per heavy atom. The van der Waals surface area contributed by atoms with Crippen molar-refractivity contribution in [3.05, 3.63) is 12.1 Å². The third-order valence-corrected chi connectivity index (χ3v) is 9.16. The van der Waals surface area contributed by atoms with Gasteiger partial charge in [-0.2, -0.15) is 0 Å².